The number of thiophene rings is 1. The Morgan fingerprint density at radius 2 is 1.88 bits per heavy atom. The second-order valence-electron chi connectivity index (χ2n) is 6.81. The van der Waals surface area contributed by atoms with E-state index >= 15 is 0 Å². The van der Waals surface area contributed by atoms with Gasteiger partial charge in [-0.05, 0) is 45.6 Å². The molecule has 6 nitrogen and oxygen atoms in total. The summed E-state index contributed by atoms with van der Waals surface area (Å²) in [5, 5.41) is 8.53. The third-order valence-corrected chi connectivity index (χ3v) is 8.05. The fourth-order valence-corrected chi connectivity index (χ4v) is 6.38. The minimum absolute atomic E-state index is 0.252. The van der Waals surface area contributed by atoms with E-state index in [2.05, 4.69) is 16.5 Å². The average molecular weight is 367 g/mol. The van der Waals surface area contributed by atoms with E-state index in [1.165, 1.54) is 12.8 Å². The molecule has 3 heterocycles. The molecule has 2 aromatic heterocycles. The summed E-state index contributed by atoms with van der Waals surface area (Å²) < 4.78 is 29.3. The Kier molecular flexibility index (Phi) is 4.01. The summed E-state index contributed by atoms with van der Waals surface area (Å²) in [7, 11) is -3.38. The van der Waals surface area contributed by atoms with E-state index in [4.69, 9.17) is 0 Å². The lowest BCUT2D eigenvalue weighted by molar-refractivity contribution is 0.258. The highest BCUT2D eigenvalue weighted by molar-refractivity contribution is 7.89. The molecule has 0 bridgehead atoms. The summed E-state index contributed by atoms with van der Waals surface area (Å²) in [6, 6.07) is 2.04. The summed E-state index contributed by atoms with van der Waals surface area (Å²) in [6.07, 6.45) is 6.06. The number of hydrogen-bond donors (Lipinski definition) is 0. The molecular weight excluding hydrogens is 344 g/mol. The Bertz CT molecular complexity index is 843. The standard InChI is InChI=1S/C16H22N4O2S2/c1-11-9-16(12(2)23-11)24(21,22)19-7-5-14(6-8-19)20-10-15(17-18-20)13-3-4-13/h9-10,13-14H,3-8H2,1-2H3. The molecule has 0 radical (unpaired) electrons. The summed E-state index contributed by atoms with van der Waals surface area (Å²) in [5.74, 6) is 0.601. The van der Waals surface area contributed by atoms with Crippen LogP contribution in [0.2, 0.25) is 0 Å². The molecule has 24 heavy (non-hydrogen) atoms. The molecule has 2 fully saturated rings. The number of hydrogen-bond acceptors (Lipinski definition) is 5. The van der Waals surface area contributed by atoms with Gasteiger partial charge in [0, 0.05) is 35.0 Å². The number of rotatable bonds is 4. The molecular formula is C16H22N4O2S2. The van der Waals surface area contributed by atoms with Gasteiger partial charge in [-0.2, -0.15) is 4.31 Å². The lowest BCUT2D eigenvalue weighted by Crippen LogP contribution is -2.39. The van der Waals surface area contributed by atoms with Crippen molar-refractivity contribution in [1.29, 1.82) is 0 Å². The molecule has 4 rings (SSSR count). The zero-order chi connectivity index (χ0) is 16.9. The second kappa shape index (κ2) is 5.93. The Balaban J connectivity index is 1.46. The van der Waals surface area contributed by atoms with Gasteiger partial charge in [0.1, 0.15) is 0 Å². The van der Waals surface area contributed by atoms with E-state index in [1.807, 2.05) is 18.5 Å². The molecule has 2 aromatic rings. The molecule has 1 aliphatic carbocycles. The highest BCUT2D eigenvalue weighted by Crippen LogP contribution is 2.39. The van der Waals surface area contributed by atoms with Gasteiger partial charge < -0.3 is 0 Å². The van der Waals surface area contributed by atoms with Gasteiger partial charge in [0.2, 0.25) is 10.0 Å². The van der Waals surface area contributed by atoms with Gasteiger partial charge in [0.15, 0.2) is 0 Å². The fourth-order valence-electron chi connectivity index (χ4n) is 3.38. The van der Waals surface area contributed by atoms with Gasteiger partial charge in [-0.3, -0.25) is 0 Å². The van der Waals surface area contributed by atoms with Crippen molar-refractivity contribution in [3.63, 3.8) is 0 Å². The molecule has 0 amide bonds. The van der Waals surface area contributed by atoms with Crippen molar-refractivity contribution in [3.05, 3.63) is 27.7 Å². The van der Waals surface area contributed by atoms with Crippen LogP contribution in [0.3, 0.4) is 0 Å². The lowest BCUT2D eigenvalue weighted by Gasteiger charge is -2.31. The van der Waals surface area contributed by atoms with Crippen molar-refractivity contribution in [1.82, 2.24) is 19.3 Å². The molecule has 130 valence electrons. The molecule has 0 spiro atoms. The van der Waals surface area contributed by atoms with Crippen LogP contribution < -0.4 is 0 Å². The third kappa shape index (κ3) is 2.91. The predicted octanol–water partition coefficient (Wildman–Crippen LogP) is 2.86. The van der Waals surface area contributed by atoms with Crippen LogP contribution in [-0.2, 0) is 10.0 Å². The SMILES string of the molecule is Cc1cc(S(=O)(=O)N2CCC(n3cc(C4CC4)nn3)CC2)c(C)s1. The number of aromatic nitrogens is 3. The zero-order valence-electron chi connectivity index (χ0n) is 14.0. The largest absolute Gasteiger partial charge is 0.249 e. The predicted molar refractivity (Wildman–Crippen MR) is 92.8 cm³/mol. The monoisotopic (exact) mass is 366 g/mol. The lowest BCUT2D eigenvalue weighted by atomic mass is 10.1. The molecule has 0 aromatic carbocycles. The highest BCUT2D eigenvalue weighted by atomic mass is 32.2. The number of piperidine rings is 1. The first-order chi connectivity index (χ1) is 11.4. The van der Waals surface area contributed by atoms with Crippen LogP contribution in [0.5, 0.6) is 0 Å². The summed E-state index contributed by atoms with van der Waals surface area (Å²) in [4.78, 5) is 2.39. The van der Waals surface area contributed by atoms with Crippen LogP contribution in [0, 0.1) is 13.8 Å². The van der Waals surface area contributed by atoms with Crippen LogP contribution >= 0.6 is 11.3 Å². The highest BCUT2D eigenvalue weighted by Gasteiger charge is 2.33. The molecule has 8 heteroatoms. The third-order valence-electron chi connectivity index (χ3n) is 4.93. The summed E-state index contributed by atoms with van der Waals surface area (Å²) >= 11 is 1.54. The number of aryl methyl sites for hydroxylation is 2. The van der Waals surface area contributed by atoms with Crippen LogP contribution in [-0.4, -0.2) is 40.8 Å². The van der Waals surface area contributed by atoms with Crippen LogP contribution in [0.25, 0.3) is 0 Å². The Morgan fingerprint density at radius 3 is 2.46 bits per heavy atom. The van der Waals surface area contributed by atoms with Crippen LogP contribution in [0.15, 0.2) is 17.2 Å². The molecule has 1 saturated heterocycles. The molecule has 0 atom stereocenters. The Hall–Kier alpha value is -1.25. The van der Waals surface area contributed by atoms with Crippen molar-refractivity contribution in [2.45, 2.75) is 56.4 Å². The van der Waals surface area contributed by atoms with Crippen molar-refractivity contribution < 1.29 is 8.42 Å². The van der Waals surface area contributed by atoms with Gasteiger partial charge in [0.25, 0.3) is 0 Å². The Labute approximate surface area is 146 Å². The van der Waals surface area contributed by atoms with E-state index in [0.717, 1.165) is 28.3 Å². The van der Waals surface area contributed by atoms with Crippen LogP contribution in [0.1, 0.15) is 53.1 Å². The first-order valence-electron chi connectivity index (χ1n) is 8.44. The maximum Gasteiger partial charge on any atom is 0.244 e. The van der Waals surface area contributed by atoms with Gasteiger partial charge in [-0.25, -0.2) is 13.1 Å². The average Bonchev–Trinajstić information content (AvgIpc) is 3.18. The number of sulfonamides is 1. The topological polar surface area (TPSA) is 68.1 Å². The first kappa shape index (κ1) is 16.2. The van der Waals surface area contributed by atoms with Crippen molar-refractivity contribution in [3.8, 4) is 0 Å². The smallest absolute Gasteiger partial charge is 0.244 e. The van der Waals surface area contributed by atoms with E-state index in [1.54, 1.807) is 21.7 Å². The van der Waals surface area contributed by atoms with Crippen molar-refractivity contribution in [2.75, 3.05) is 13.1 Å². The van der Waals surface area contributed by atoms with E-state index in [-0.39, 0.29) is 6.04 Å². The van der Waals surface area contributed by atoms with Crippen molar-refractivity contribution >= 4 is 21.4 Å². The normalized spacial score (nSPS) is 20.6. The zero-order valence-corrected chi connectivity index (χ0v) is 15.6. The van der Waals surface area contributed by atoms with Gasteiger partial charge in [0.05, 0.1) is 16.6 Å². The molecule has 1 saturated carbocycles. The summed E-state index contributed by atoms with van der Waals surface area (Å²) in [5.41, 5.74) is 1.09. The summed E-state index contributed by atoms with van der Waals surface area (Å²) in [6.45, 7) is 4.91. The van der Waals surface area contributed by atoms with E-state index in [0.29, 0.717) is 23.9 Å². The Morgan fingerprint density at radius 1 is 1.17 bits per heavy atom. The molecule has 2 aliphatic rings. The van der Waals surface area contributed by atoms with Crippen LogP contribution in [0.4, 0.5) is 0 Å². The van der Waals surface area contributed by atoms with Gasteiger partial charge >= 0.3 is 0 Å². The van der Waals surface area contributed by atoms with E-state index in [9.17, 15) is 8.42 Å². The second-order valence-corrected chi connectivity index (χ2v) is 10.2. The maximum atomic E-state index is 12.9. The maximum absolute atomic E-state index is 12.9. The minimum atomic E-state index is -3.38. The quantitative estimate of drug-likeness (QED) is 0.834. The molecule has 0 N–H and O–H groups in total. The van der Waals surface area contributed by atoms with Gasteiger partial charge in [-0.1, -0.05) is 5.21 Å². The number of nitrogens with zero attached hydrogens (tertiary/aromatic N) is 4. The first-order valence-corrected chi connectivity index (χ1v) is 10.7. The van der Waals surface area contributed by atoms with Crippen molar-refractivity contribution in [2.24, 2.45) is 0 Å². The fraction of sp³-hybridized carbons (Fsp3) is 0.625. The molecule has 1 aliphatic heterocycles. The minimum Gasteiger partial charge on any atom is -0.249 e. The molecule has 0 unspecified atom stereocenters. The van der Waals surface area contributed by atoms with E-state index < -0.39 is 10.0 Å². The van der Waals surface area contributed by atoms with Gasteiger partial charge in [-0.15, -0.1) is 16.4 Å².